The van der Waals surface area contributed by atoms with E-state index in [4.69, 9.17) is 16.3 Å². The largest absolute Gasteiger partial charge is 0.379 e. The van der Waals surface area contributed by atoms with E-state index in [1.807, 2.05) is 42.8 Å². The van der Waals surface area contributed by atoms with Gasteiger partial charge in [0.15, 0.2) is 0 Å². The number of benzene rings is 1. The number of hydrogen-bond donors (Lipinski definition) is 1. The molecule has 0 radical (unpaired) electrons. The van der Waals surface area contributed by atoms with Crippen LogP contribution in [0.2, 0.25) is 5.02 Å². The van der Waals surface area contributed by atoms with Gasteiger partial charge in [0, 0.05) is 36.4 Å². The van der Waals surface area contributed by atoms with Crippen molar-refractivity contribution in [2.75, 3.05) is 32.8 Å². The summed E-state index contributed by atoms with van der Waals surface area (Å²) in [6.45, 7) is 12.7. The molecule has 1 aromatic heterocycles. The molecule has 6 nitrogen and oxygen atoms in total. The Hall–Kier alpha value is -1.89. The highest BCUT2D eigenvalue weighted by Gasteiger charge is 2.26. The average Bonchev–Trinajstić information content (AvgIpc) is 2.97. The molecule has 1 saturated heterocycles. The third kappa shape index (κ3) is 5.18. The van der Waals surface area contributed by atoms with Gasteiger partial charge in [-0.1, -0.05) is 43.6 Å². The standard InChI is InChI=1S/C22H31ClN4O2/c1-15(2)20(26-9-11-29-12-10-26)13-24-22(28)21-16(3)25-27(17(21)4)14-18-7-5-6-8-19(18)23/h5-8,15,20H,9-14H2,1-4H3,(H,24,28). The number of morpholine rings is 1. The van der Waals surface area contributed by atoms with Gasteiger partial charge in [0.2, 0.25) is 0 Å². The summed E-state index contributed by atoms with van der Waals surface area (Å²) in [6.07, 6.45) is 0. The fourth-order valence-electron chi connectivity index (χ4n) is 3.95. The molecule has 2 heterocycles. The molecule has 1 amide bonds. The molecule has 1 aromatic carbocycles. The number of ether oxygens (including phenoxy) is 1. The molecule has 0 saturated carbocycles. The normalized spacial score (nSPS) is 16.2. The van der Waals surface area contributed by atoms with E-state index in [0.29, 0.717) is 35.6 Å². The Morgan fingerprint density at radius 2 is 1.93 bits per heavy atom. The van der Waals surface area contributed by atoms with Crippen molar-refractivity contribution in [3.8, 4) is 0 Å². The summed E-state index contributed by atoms with van der Waals surface area (Å²) in [5.41, 5.74) is 3.23. The van der Waals surface area contributed by atoms with Crippen molar-refractivity contribution in [2.24, 2.45) is 5.92 Å². The molecular formula is C22H31ClN4O2. The second-order valence-electron chi connectivity index (χ2n) is 7.96. The fourth-order valence-corrected chi connectivity index (χ4v) is 4.14. The minimum atomic E-state index is -0.0654. The molecular weight excluding hydrogens is 388 g/mol. The van der Waals surface area contributed by atoms with E-state index in [2.05, 4.69) is 29.2 Å². The highest BCUT2D eigenvalue weighted by molar-refractivity contribution is 6.31. The molecule has 0 bridgehead atoms. The van der Waals surface area contributed by atoms with Gasteiger partial charge in [-0.15, -0.1) is 0 Å². The van der Waals surface area contributed by atoms with Gasteiger partial charge in [0.25, 0.3) is 5.91 Å². The van der Waals surface area contributed by atoms with Gasteiger partial charge >= 0.3 is 0 Å². The Labute approximate surface area is 178 Å². The lowest BCUT2D eigenvalue weighted by molar-refractivity contribution is 0.00672. The van der Waals surface area contributed by atoms with Crippen LogP contribution in [0, 0.1) is 19.8 Å². The van der Waals surface area contributed by atoms with Crippen LogP contribution in [0.1, 0.15) is 41.2 Å². The van der Waals surface area contributed by atoms with Crippen molar-refractivity contribution in [1.82, 2.24) is 20.0 Å². The minimum absolute atomic E-state index is 0.0654. The van der Waals surface area contributed by atoms with Crippen LogP contribution in [0.25, 0.3) is 0 Å². The van der Waals surface area contributed by atoms with E-state index >= 15 is 0 Å². The molecule has 1 unspecified atom stereocenters. The number of nitrogens with zero attached hydrogens (tertiary/aromatic N) is 3. The summed E-state index contributed by atoms with van der Waals surface area (Å²) in [6, 6.07) is 8.01. The molecule has 0 aliphatic carbocycles. The van der Waals surface area contributed by atoms with Crippen LogP contribution in [0.4, 0.5) is 0 Å². The number of halogens is 1. The number of amides is 1. The van der Waals surface area contributed by atoms with E-state index in [1.165, 1.54) is 0 Å². The predicted molar refractivity (Wildman–Crippen MR) is 116 cm³/mol. The van der Waals surface area contributed by atoms with Crippen molar-refractivity contribution in [3.63, 3.8) is 0 Å². The second-order valence-corrected chi connectivity index (χ2v) is 8.37. The van der Waals surface area contributed by atoms with E-state index in [9.17, 15) is 4.79 Å². The molecule has 0 spiro atoms. The molecule has 1 fully saturated rings. The van der Waals surface area contributed by atoms with Gasteiger partial charge in [-0.05, 0) is 31.4 Å². The number of rotatable bonds is 7. The summed E-state index contributed by atoms with van der Waals surface area (Å²) in [7, 11) is 0. The fraction of sp³-hybridized carbons (Fsp3) is 0.545. The number of nitrogens with one attached hydrogen (secondary N) is 1. The maximum Gasteiger partial charge on any atom is 0.255 e. The predicted octanol–water partition coefficient (Wildman–Crippen LogP) is 3.29. The van der Waals surface area contributed by atoms with Gasteiger partial charge in [-0.3, -0.25) is 14.4 Å². The molecule has 1 aliphatic rings. The Kier molecular flexibility index (Phi) is 7.33. The van der Waals surface area contributed by atoms with Crippen LogP contribution in [-0.4, -0.2) is 59.5 Å². The molecule has 3 rings (SSSR count). The molecule has 1 N–H and O–H groups in total. The van der Waals surface area contributed by atoms with Crippen LogP contribution in [-0.2, 0) is 11.3 Å². The number of hydrogen-bond acceptors (Lipinski definition) is 4. The maximum atomic E-state index is 13.0. The van der Waals surface area contributed by atoms with Gasteiger partial charge in [-0.2, -0.15) is 5.10 Å². The lowest BCUT2D eigenvalue weighted by Crippen LogP contribution is -2.51. The first kappa shape index (κ1) is 21.8. The Morgan fingerprint density at radius 1 is 1.24 bits per heavy atom. The van der Waals surface area contributed by atoms with Crippen molar-refractivity contribution >= 4 is 17.5 Å². The zero-order valence-corrected chi connectivity index (χ0v) is 18.5. The summed E-state index contributed by atoms with van der Waals surface area (Å²) < 4.78 is 7.32. The van der Waals surface area contributed by atoms with Crippen LogP contribution in [0.3, 0.4) is 0 Å². The number of carbonyl (C=O) groups excluding carboxylic acids is 1. The van der Waals surface area contributed by atoms with E-state index in [0.717, 1.165) is 43.3 Å². The first-order valence-electron chi connectivity index (χ1n) is 10.3. The van der Waals surface area contributed by atoms with E-state index in [-0.39, 0.29) is 5.91 Å². The summed E-state index contributed by atoms with van der Waals surface area (Å²) >= 11 is 6.29. The van der Waals surface area contributed by atoms with Crippen LogP contribution >= 0.6 is 11.6 Å². The first-order chi connectivity index (χ1) is 13.9. The minimum Gasteiger partial charge on any atom is -0.379 e. The van der Waals surface area contributed by atoms with Gasteiger partial charge in [-0.25, -0.2) is 0 Å². The molecule has 1 aliphatic heterocycles. The third-order valence-electron chi connectivity index (χ3n) is 5.64. The van der Waals surface area contributed by atoms with Crippen LogP contribution < -0.4 is 5.32 Å². The van der Waals surface area contributed by atoms with Crippen molar-refractivity contribution in [2.45, 2.75) is 40.3 Å². The Bertz CT molecular complexity index is 843. The van der Waals surface area contributed by atoms with Gasteiger partial charge < -0.3 is 10.1 Å². The molecule has 1 atom stereocenters. The summed E-state index contributed by atoms with van der Waals surface area (Å²) in [5.74, 6) is 0.378. The third-order valence-corrected chi connectivity index (χ3v) is 6.01. The van der Waals surface area contributed by atoms with E-state index < -0.39 is 0 Å². The smallest absolute Gasteiger partial charge is 0.255 e. The van der Waals surface area contributed by atoms with Gasteiger partial charge in [0.1, 0.15) is 0 Å². The second kappa shape index (κ2) is 9.74. The lowest BCUT2D eigenvalue weighted by Gasteiger charge is -2.36. The quantitative estimate of drug-likeness (QED) is 0.749. The van der Waals surface area contributed by atoms with Gasteiger partial charge in [0.05, 0.1) is 31.0 Å². The van der Waals surface area contributed by atoms with E-state index in [1.54, 1.807) is 0 Å². The SMILES string of the molecule is Cc1nn(Cc2ccccc2Cl)c(C)c1C(=O)NCC(C(C)C)N1CCOCC1. The van der Waals surface area contributed by atoms with Crippen molar-refractivity contribution in [3.05, 3.63) is 51.8 Å². The first-order valence-corrected chi connectivity index (χ1v) is 10.6. The highest BCUT2D eigenvalue weighted by Crippen LogP contribution is 2.20. The van der Waals surface area contributed by atoms with Crippen molar-refractivity contribution in [1.29, 1.82) is 0 Å². The summed E-state index contributed by atoms with van der Waals surface area (Å²) in [5, 5.41) is 8.44. The number of carbonyl (C=O) groups is 1. The van der Waals surface area contributed by atoms with Crippen LogP contribution in [0.15, 0.2) is 24.3 Å². The average molecular weight is 419 g/mol. The topological polar surface area (TPSA) is 59.4 Å². The monoisotopic (exact) mass is 418 g/mol. The number of aryl methyl sites for hydroxylation is 1. The Morgan fingerprint density at radius 3 is 2.59 bits per heavy atom. The molecule has 29 heavy (non-hydrogen) atoms. The molecule has 7 heteroatoms. The Balaban J connectivity index is 1.70. The van der Waals surface area contributed by atoms with Crippen molar-refractivity contribution < 1.29 is 9.53 Å². The lowest BCUT2D eigenvalue weighted by atomic mass is 10.0. The highest BCUT2D eigenvalue weighted by atomic mass is 35.5. The number of aromatic nitrogens is 2. The zero-order chi connectivity index (χ0) is 21.0. The molecule has 2 aromatic rings. The summed E-state index contributed by atoms with van der Waals surface area (Å²) in [4.78, 5) is 15.4. The molecule has 158 valence electrons. The maximum absolute atomic E-state index is 13.0. The van der Waals surface area contributed by atoms with Crippen LogP contribution in [0.5, 0.6) is 0 Å². The zero-order valence-electron chi connectivity index (χ0n) is 17.7.